The van der Waals surface area contributed by atoms with E-state index in [1.54, 1.807) is 13.8 Å². The normalized spacial score (nSPS) is 13.0. The van der Waals surface area contributed by atoms with E-state index < -0.39 is 5.67 Å². The monoisotopic (exact) mass is 327 g/mol. The molecule has 0 unspecified atom stereocenters. The van der Waals surface area contributed by atoms with Crippen molar-refractivity contribution >= 4 is 11.3 Å². The second kappa shape index (κ2) is 8.14. The van der Waals surface area contributed by atoms with Crippen LogP contribution in [-0.2, 0) is 0 Å². The summed E-state index contributed by atoms with van der Waals surface area (Å²) in [5, 5.41) is 3.34. The summed E-state index contributed by atoms with van der Waals surface area (Å²) in [6.45, 7) is 19.8. The van der Waals surface area contributed by atoms with Crippen LogP contribution in [0.2, 0.25) is 0 Å². The van der Waals surface area contributed by atoms with E-state index in [9.17, 15) is 4.39 Å². The van der Waals surface area contributed by atoms with E-state index in [4.69, 9.17) is 0 Å². The first kappa shape index (κ1) is 20.0. The molecule has 1 nitrogen and oxygen atoms in total. The number of hydrogen-bond donors (Lipinski definition) is 1. The molecule has 2 heteroatoms. The van der Waals surface area contributed by atoms with Gasteiger partial charge in [-0.25, -0.2) is 4.39 Å². The Bertz CT molecular complexity index is 684. The van der Waals surface area contributed by atoms with Crippen molar-refractivity contribution in [1.82, 2.24) is 5.32 Å². The molecular weight excluding hydrogens is 297 g/mol. The predicted octanol–water partition coefficient (Wildman–Crippen LogP) is 6.23. The van der Waals surface area contributed by atoms with Crippen LogP contribution >= 0.6 is 0 Å². The number of alkyl halides is 1. The van der Waals surface area contributed by atoms with Gasteiger partial charge in [0.25, 0.3) is 0 Å². The molecule has 0 spiro atoms. The summed E-state index contributed by atoms with van der Waals surface area (Å²) in [5.41, 5.74) is 5.84. The van der Waals surface area contributed by atoms with Crippen LogP contribution in [0.25, 0.3) is 11.3 Å². The van der Waals surface area contributed by atoms with Crippen molar-refractivity contribution in [3.63, 3.8) is 0 Å². The summed E-state index contributed by atoms with van der Waals surface area (Å²) in [7, 11) is 0. The summed E-state index contributed by atoms with van der Waals surface area (Å²) in [6, 6.07) is 6.33. The van der Waals surface area contributed by atoms with Gasteiger partial charge in [-0.3, -0.25) is 0 Å². The van der Waals surface area contributed by atoms with Crippen molar-refractivity contribution in [3.8, 4) is 0 Å². The Morgan fingerprint density at radius 1 is 1.08 bits per heavy atom. The smallest absolute Gasteiger partial charge is 0.126 e. The highest BCUT2D eigenvalue weighted by molar-refractivity contribution is 5.70. The van der Waals surface area contributed by atoms with Crippen molar-refractivity contribution in [2.75, 3.05) is 6.54 Å². The van der Waals surface area contributed by atoms with Crippen LogP contribution < -0.4 is 5.32 Å². The lowest BCUT2D eigenvalue weighted by Crippen LogP contribution is -2.15. The lowest BCUT2D eigenvalue weighted by molar-refractivity contribution is 0.268. The molecule has 0 atom stereocenters. The maximum Gasteiger partial charge on any atom is 0.126 e. The Labute approximate surface area is 146 Å². The number of aryl methyl sites for hydroxylation is 1. The molecule has 0 saturated heterocycles. The first-order chi connectivity index (χ1) is 11.0. The molecular formula is C22H30FN. The number of hydrogen-bond acceptors (Lipinski definition) is 1. The number of allylic oxidation sites excluding steroid dienone is 4. The van der Waals surface area contributed by atoms with Crippen LogP contribution in [0.3, 0.4) is 0 Å². The maximum atomic E-state index is 13.8. The highest BCUT2D eigenvalue weighted by Crippen LogP contribution is 2.21. The van der Waals surface area contributed by atoms with E-state index in [0.717, 1.165) is 28.0 Å². The largest absolute Gasteiger partial charge is 0.381 e. The fourth-order valence-electron chi connectivity index (χ4n) is 2.08. The molecule has 1 aromatic carbocycles. The molecule has 0 radical (unpaired) electrons. The zero-order chi connectivity index (χ0) is 18.5. The van der Waals surface area contributed by atoms with E-state index >= 15 is 0 Å². The molecule has 130 valence electrons. The van der Waals surface area contributed by atoms with Gasteiger partial charge in [0, 0.05) is 12.2 Å². The SMILES string of the molecule is C=C(C)c1cc(C)cc(C(=C)NC/C(C)=C/C=C(\C)C(C)(C)F)c1. The predicted molar refractivity (Wildman–Crippen MR) is 106 cm³/mol. The molecule has 0 aliphatic rings. The van der Waals surface area contributed by atoms with Gasteiger partial charge in [-0.15, -0.1) is 0 Å². The number of nitrogens with one attached hydrogen (secondary N) is 1. The highest BCUT2D eigenvalue weighted by atomic mass is 19.1. The minimum atomic E-state index is -1.28. The Morgan fingerprint density at radius 2 is 1.67 bits per heavy atom. The molecule has 0 bridgehead atoms. The lowest BCUT2D eigenvalue weighted by Gasteiger charge is -2.15. The average Bonchev–Trinajstić information content (AvgIpc) is 2.48. The zero-order valence-corrected chi connectivity index (χ0v) is 15.9. The van der Waals surface area contributed by atoms with Crippen LogP contribution in [0.15, 0.2) is 54.7 Å². The Morgan fingerprint density at radius 3 is 2.21 bits per heavy atom. The molecule has 0 fully saturated rings. The highest BCUT2D eigenvalue weighted by Gasteiger charge is 2.16. The van der Waals surface area contributed by atoms with Gasteiger partial charge in [0.1, 0.15) is 5.67 Å². The average molecular weight is 327 g/mol. The van der Waals surface area contributed by atoms with Crippen LogP contribution in [0, 0.1) is 6.92 Å². The van der Waals surface area contributed by atoms with E-state index in [2.05, 4.69) is 43.6 Å². The fourth-order valence-corrected chi connectivity index (χ4v) is 2.08. The van der Waals surface area contributed by atoms with Gasteiger partial charge in [0.15, 0.2) is 0 Å². The molecule has 1 aromatic rings. The minimum Gasteiger partial charge on any atom is -0.381 e. The zero-order valence-electron chi connectivity index (χ0n) is 15.9. The summed E-state index contributed by atoms with van der Waals surface area (Å²) >= 11 is 0. The van der Waals surface area contributed by atoms with Crippen LogP contribution in [0.1, 0.15) is 51.3 Å². The Kier molecular flexibility index (Phi) is 6.77. The first-order valence-corrected chi connectivity index (χ1v) is 8.25. The molecule has 0 aliphatic heterocycles. The quantitative estimate of drug-likeness (QED) is 0.585. The lowest BCUT2D eigenvalue weighted by atomic mass is 10.0. The fraction of sp³-hybridized carbons (Fsp3) is 0.364. The first-order valence-electron chi connectivity index (χ1n) is 8.25. The van der Waals surface area contributed by atoms with Gasteiger partial charge < -0.3 is 5.32 Å². The summed E-state index contributed by atoms with van der Waals surface area (Å²) in [6.07, 6.45) is 3.79. The number of halogens is 1. The molecule has 24 heavy (non-hydrogen) atoms. The van der Waals surface area contributed by atoms with Gasteiger partial charge in [-0.05, 0) is 75.9 Å². The van der Waals surface area contributed by atoms with Crippen molar-refractivity contribution in [2.45, 2.75) is 47.2 Å². The van der Waals surface area contributed by atoms with Gasteiger partial charge in [-0.1, -0.05) is 42.5 Å². The van der Waals surface area contributed by atoms with Crippen molar-refractivity contribution in [2.24, 2.45) is 0 Å². The van der Waals surface area contributed by atoms with E-state index in [-0.39, 0.29) is 0 Å². The van der Waals surface area contributed by atoms with E-state index in [1.165, 1.54) is 5.56 Å². The van der Waals surface area contributed by atoms with Crippen LogP contribution in [0.5, 0.6) is 0 Å². The van der Waals surface area contributed by atoms with E-state index in [0.29, 0.717) is 12.1 Å². The summed E-state index contributed by atoms with van der Waals surface area (Å²) in [5.74, 6) is 0. The Hall–Kier alpha value is -2.09. The third-order valence-electron chi connectivity index (χ3n) is 4.05. The van der Waals surface area contributed by atoms with Crippen LogP contribution in [-0.4, -0.2) is 12.2 Å². The van der Waals surface area contributed by atoms with Gasteiger partial charge in [-0.2, -0.15) is 0 Å². The topological polar surface area (TPSA) is 12.0 Å². The number of benzene rings is 1. The third kappa shape index (κ3) is 6.19. The molecule has 0 aromatic heterocycles. The van der Waals surface area contributed by atoms with Crippen molar-refractivity contribution in [3.05, 3.63) is 71.3 Å². The van der Waals surface area contributed by atoms with Gasteiger partial charge >= 0.3 is 0 Å². The molecule has 0 heterocycles. The minimum absolute atomic E-state index is 0.672. The second-order valence-electron chi connectivity index (χ2n) is 7.04. The molecule has 1 N–H and O–H groups in total. The maximum absolute atomic E-state index is 13.8. The second-order valence-corrected chi connectivity index (χ2v) is 7.04. The summed E-state index contributed by atoms with van der Waals surface area (Å²) < 4.78 is 13.8. The van der Waals surface area contributed by atoms with Crippen molar-refractivity contribution < 1.29 is 4.39 Å². The third-order valence-corrected chi connectivity index (χ3v) is 4.05. The Balaban J connectivity index is 2.78. The standard InChI is InChI=1S/C22H30FN/c1-15(2)20-11-17(4)12-21(13-20)19(6)24-14-16(3)9-10-18(5)22(7,8)23/h9-13,24H,1,6,14H2,2-5,7-8H3/b16-9+,18-10+. The van der Waals surface area contributed by atoms with Crippen LogP contribution in [0.4, 0.5) is 4.39 Å². The number of rotatable bonds is 7. The van der Waals surface area contributed by atoms with E-state index in [1.807, 2.05) is 32.9 Å². The molecule has 0 aliphatic carbocycles. The van der Waals surface area contributed by atoms with Gasteiger partial charge in [0.05, 0.1) is 0 Å². The molecule has 0 amide bonds. The molecule has 1 rings (SSSR count). The van der Waals surface area contributed by atoms with Gasteiger partial charge in [0.2, 0.25) is 0 Å². The summed E-state index contributed by atoms with van der Waals surface area (Å²) in [4.78, 5) is 0. The molecule has 0 saturated carbocycles. The van der Waals surface area contributed by atoms with Crippen molar-refractivity contribution in [1.29, 1.82) is 0 Å².